The van der Waals surface area contributed by atoms with Crippen LogP contribution in [0.1, 0.15) is 15.9 Å². The summed E-state index contributed by atoms with van der Waals surface area (Å²) in [7, 11) is 0. The summed E-state index contributed by atoms with van der Waals surface area (Å²) in [5.74, 6) is 0.167. The molecule has 0 amide bonds. The van der Waals surface area contributed by atoms with E-state index in [-0.39, 0.29) is 12.4 Å². The molecule has 5 heteroatoms. The summed E-state index contributed by atoms with van der Waals surface area (Å²) in [6.45, 7) is 4.51. The molecule has 0 bridgehead atoms. The Kier molecular flexibility index (Phi) is 7.41. The molecule has 5 nitrogen and oxygen atoms in total. The molecule has 0 fully saturated rings. The van der Waals surface area contributed by atoms with Crippen LogP contribution in [-0.4, -0.2) is 38.2 Å². The summed E-state index contributed by atoms with van der Waals surface area (Å²) in [6.07, 6.45) is 1.11. The number of ketones is 1. The minimum absolute atomic E-state index is 0.0236. The van der Waals surface area contributed by atoms with E-state index in [0.29, 0.717) is 36.7 Å². The number of carbonyl (C=O) groups excluding carboxylic acids is 2. The minimum Gasteiger partial charge on any atom is -0.491 e. The number of esters is 1. The number of benzene rings is 2. The molecule has 2 aromatic rings. The monoisotopic (exact) mass is 340 g/mol. The molecule has 2 aromatic carbocycles. The van der Waals surface area contributed by atoms with Gasteiger partial charge >= 0.3 is 5.97 Å². The number of ether oxygens (including phenoxy) is 3. The molecule has 130 valence electrons. The molecule has 0 aliphatic rings. The van der Waals surface area contributed by atoms with Gasteiger partial charge in [-0.15, -0.1) is 0 Å². The first-order valence-electron chi connectivity index (χ1n) is 7.90. The molecular formula is C20H20O5. The summed E-state index contributed by atoms with van der Waals surface area (Å²) in [4.78, 5) is 23.1. The van der Waals surface area contributed by atoms with Crippen LogP contribution in [0.5, 0.6) is 5.75 Å². The largest absolute Gasteiger partial charge is 0.491 e. The molecular weight excluding hydrogens is 320 g/mol. The smallest absolute Gasteiger partial charge is 0.330 e. The standard InChI is InChI=1S/C20H20O5/c1-2-19(21)25-15-13-23-12-14-24-18-10-8-17(9-11-18)20(22)16-6-4-3-5-7-16/h2-11H,1,12-15H2. The second-order valence-corrected chi connectivity index (χ2v) is 5.05. The van der Waals surface area contributed by atoms with Gasteiger partial charge in [-0.2, -0.15) is 0 Å². The molecule has 0 aromatic heterocycles. The molecule has 0 saturated heterocycles. The molecule has 0 aliphatic carbocycles. The Balaban J connectivity index is 1.69. The molecule has 0 N–H and O–H groups in total. The van der Waals surface area contributed by atoms with Crippen LogP contribution in [0.2, 0.25) is 0 Å². The fraction of sp³-hybridized carbons (Fsp3) is 0.200. The predicted molar refractivity (Wildman–Crippen MR) is 93.8 cm³/mol. The Hall–Kier alpha value is -2.92. The molecule has 0 saturated carbocycles. The van der Waals surface area contributed by atoms with Crippen molar-refractivity contribution in [2.45, 2.75) is 0 Å². The minimum atomic E-state index is -0.468. The predicted octanol–water partition coefficient (Wildman–Crippen LogP) is 3.04. The maximum atomic E-state index is 12.3. The summed E-state index contributed by atoms with van der Waals surface area (Å²) in [5.41, 5.74) is 1.26. The Bertz CT molecular complexity index is 692. The van der Waals surface area contributed by atoms with Crippen molar-refractivity contribution >= 4 is 11.8 Å². The average Bonchev–Trinajstić information content (AvgIpc) is 2.67. The summed E-state index contributed by atoms with van der Waals surface area (Å²) < 4.78 is 15.6. The fourth-order valence-corrected chi connectivity index (χ4v) is 2.04. The number of hydrogen-bond acceptors (Lipinski definition) is 5. The van der Waals surface area contributed by atoms with Crippen molar-refractivity contribution in [1.82, 2.24) is 0 Å². The van der Waals surface area contributed by atoms with Gasteiger partial charge in [-0.3, -0.25) is 4.79 Å². The summed E-state index contributed by atoms with van der Waals surface area (Å²) in [6, 6.07) is 16.1. The van der Waals surface area contributed by atoms with Crippen molar-refractivity contribution in [3.8, 4) is 5.75 Å². The van der Waals surface area contributed by atoms with Crippen LogP contribution in [-0.2, 0) is 14.3 Å². The first-order valence-corrected chi connectivity index (χ1v) is 7.90. The average molecular weight is 340 g/mol. The number of hydrogen-bond donors (Lipinski definition) is 0. The fourth-order valence-electron chi connectivity index (χ4n) is 2.04. The van der Waals surface area contributed by atoms with Crippen LogP contribution in [0.25, 0.3) is 0 Å². The second kappa shape index (κ2) is 10.1. The Morgan fingerprint density at radius 3 is 2.16 bits per heavy atom. The molecule has 0 aliphatic heterocycles. The van der Waals surface area contributed by atoms with E-state index < -0.39 is 5.97 Å². The quantitative estimate of drug-likeness (QED) is 0.288. The van der Waals surface area contributed by atoms with Crippen molar-refractivity contribution < 1.29 is 23.8 Å². The van der Waals surface area contributed by atoms with Gasteiger partial charge in [0.15, 0.2) is 5.78 Å². The lowest BCUT2D eigenvalue weighted by atomic mass is 10.0. The van der Waals surface area contributed by atoms with Crippen LogP contribution in [0, 0.1) is 0 Å². The highest BCUT2D eigenvalue weighted by Gasteiger charge is 2.08. The first-order chi connectivity index (χ1) is 12.2. The third kappa shape index (κ3) is 6.24. The van der Waals surface area contributed by atoms with Crippen molar-refractivity contribution in [2.75, 3.05) is 26.4 Å². The van der Waals surface area contributed by atoms with Crippen LogP contribution in [0.4, 0.5) is 0 Å². The van der Waals surface area contributed by atoms with Crippen LogP contribution in [0.15, 0.2) is 67.3 Å². The highest BCUT2D eigenvalue weighted by molar-refractivity contribution is 6.08. The third-order valence-electron chi connectivity index (χ3n) is 3.29. The van der Waals surface area contributed by atoms with E-state index in [1.165, 1.54) is 0 Å². The zero-order chi connectivity index (χ0) is 17.9. The van der Waals surface area contributed by atoms with Gasteiger partial charge in [-0.05, 0) is 24.3 Å². The van der Waals surface area contributed by atoms with Gasteiger partial charge in [0.2, 0.25) is 0 Å². The highest BCUT2D eigenvalue weighted by Crippen LogP contribution is 2.15. The molecule has 0 unspecified atom stereocenters. The van der Waals surface area contributed by atoms with Gasteiger partial charge in [0.25, 0.3) is 0 Å². The SMILES string of the molecule is C=CC(=O)OCCOCCOc1ccc(C(=O)c2ccccc2)cc1. The van der Waals surface area contributed by atoms with E-state index in [2.05, 4.69) is 6.58 Å². The van der Waals surface area contributed by atoms with E-state index in [1.807, 2.05) is 18.2 Å². The van der Waals surface area contributed by atoms with E-state index in [4.69, 9.17) is 14.2 Å². The first kappa shape index (κ1) is 18.4. The second-order valence-electron chi connectivity index (χ2n) is 5.05. The third-order valence-corrected chi connectivity index (χ3v) is 3.29. The van der Waals surface area contributed by atoms with Gasteiger partial charge in [-0.1, -0.05) is 36.9 Å². The van der Waals surface area contributed by atoms with Crippen molar-refractivity contribution in [2.24, 2.45) is 0 Å². The number of rotatable bonds is 10. The lowest BCUT2D eigenvalue weighted by molar-refractivity contribution is -0.139. The lowest BCUT2D eigenvalue weighted by Crippen LogP contribution is -2.12. The normalized spacial score (nSPS) is 10.1. The van der Waals surface area contributed by atoms with Crippen LogP contribution in [0.3, 0.4) is 0 Å². The van der Waals surface area contributed by atoms with Crippen molar-refractivity contribution in [1.29, 1.82) is 0 Å². The lowest BCUT2D eigenvalue weighted by Gasteiger charge is -2.08. The summed E-state index contributed by atoms with van der Waals surface area (Å²) >= 11 is 0. The molecule has 0 heterocycles. The van der Waals surface area contributed by atoms with E-state index in [0.717, 1.165) is 6.08 Å². The molecule has 0 radical (unpaired) electrons. The van der Waals surface area contributed by atoms with Crippen LogP contribution >= 0.6 is 0 Å². The maximum absolute atomic E-state index is 12.3. The van der Waals surface area contributed by atoms with Gasteiger partial charge < -0.3 is 14.2 Å². The molecule has 2 rings (SSSR count). The van der Waals surface area contributed by atoms with Crippen LogP contribution < -0.4 is 4.74 Å². The van der Waals surface area contributed by atoms with E-state index >= 15 is 0 Å². The van der Waals surface area contributed by atoms with E-state index in [1.54, 1.807) is 36.4 Å². The van der Waals surface area contributed by atoms with Crippen molar-refractivity contribution in [3.63, 3.8) is 0 Å². The topological polar surface area (TPSA) is 61.8 Å². The Morgan fingerprint density at radius 1 is 0.840 bits per heavy atom. The summed E-state index contributed by atoms with van der Waals surface area (Å²) in [5, 5.41) is 0. The molecule has 0 spiro atoms. The van der Waals surface area contributed by atoms with Gasteiger partial charge in [0.1, 0.15) is 19.0 Å². The molecule has 25 heavy (non-hydrogen) atoms. The number of carbonyl (C=O) groups is 2. The Morgan fingerprint density at radius 2 is 1.48 bits per heavy atom. The van der Waals surface area contributed by atoms with Crippen molar-refractivity contribution in [3.05, 3.63) is 78.4 Å². The molecule has 0 atom stereocenters. The maximum Gasteiger partial charge on any atom is 0.330 e. The van der Waals surface area contributed by atoms with Gasteiger partial charge in [-0.25, -0.2) is 4.79 Å². The van der Waals surface area contributed by atoms with Gasteiger partial charge in [0.05, 0.1) is 13.2 Å². The highest BCUT2D eigenvalue weighted by atomic mass is 16.6. The van der Waals surface area contributed by atoms with E-state index in [9.17, 15) is 9.59 Å². The zero-order valence-electron chi connectivity index (χ0n) is 13.9. The van der Waals surface area contributed by atoms with Gasteiger partial charge in [0, 0.05) is 17.2 Å². The Labute approximate surface area is 146 Å². The zero-order valence-corrected chi connectivity index (χ0v) is 13.9.